The Morgan fingerprint density at radius 3 is 2.52 bits per heavy atom. The number of benzene rings is 2. The van der Waals surface area contributed by atoms with Crippen LogP contribution in [0.2, 0.25) is 0 Å². The number of anilines is 2. The van der Waals surface area contributed by atoms with Gasteiger partial charge in [0.15, 0.2) is 11.5 Å². The van der Waals surface area contributed by atoms with E-state index in [-0.39, 0.29) is 18.0 Å². The Morgan fingerprint density at radius 2 is 1.76 bits per heavy atom. The van der Waals surface area contributed by atoms with E-state index in [9.17, 15) is 19.7 Å². The molecule has 33 heavy (non-hydrogen) atoms. The van der Waals surface area contributed by atoms with Crippen molar-refractivity contribution >= 4 is 29.0 Å². The molecule has 0 atom stereocenters. The van der Waals surface area contributed by atoms with Crippen LogP contribution in [0.3, 0.4) is 0 Å². The predicted octanol–water partition coefficient (Wildman–Crippen LogP) is 2.23. The fraction of sp³-hybridized carbons (Fsp3) is 0.364. The van der Waals surface area contributed by atoms with Crippen LogP contribution < -0.4 is 25.0 Å². The van der Waals surface area contributed by atoms with Crippen LogP contribution in [-0.2, 0) is 4.79 Å². The van der Waals surface area contributed by atoms with Crippen LogP contribution in [0.15, 0.2) is 42.5 Å². The van der Waals surface area contributed by atoms with Gasteiger partial charge in [-0.15, -0.1) is 0 Å². The Morgan fingerprint density at radius 1 is 1.00 bits per heavy atom. The Kier molecular flexibility index (Phi) is 6.89. The van der Waals surface area contributed by atoms with E-state index in [1.54, 1.807) is 30.3 Å². The van der Waals surface area contributed by atoms with E-state index in [2.05, 4.69) is 20.4 Å². The minimum atomic E-state index is -0.604. The van der Waals surface area contributed by atoms with Gasteiger partial charge in [-0.3, -0.25) is 25.1 Å². The zero-order valence-corrected chi connectivity index (χ0v) is 18.0. The standard InChI is InChI=1S/C22H25N5O6/c28-21(24-22(29)23-16-4-5-19-20(14-16)33-13-12-32-19)6-7-25-8-10-26(11-9-25)17-2-1-3-18(15-17)27(30)31/h1-5,14-15H,6-13H2,(H2,23,24,28,29). The van der Waals surface area contributed by atoms with Crippen molar-refractivity contribution in [3.63, 3.8) is 0 Å². The van der Waals surface area contributed by atoms with Gasteiger partial charge in [-0.25, -0.2) is 4.79 Å². The fourth-order valence-corrected chi connectivity index (χ4v) is 3.77. The molecule has 11 heteroatoms. The van der Waals surface area contributed by atoms with Crippen molar-refractivity contribution in [3.8, 4) is 11.5 Å². The number of amides is 3. The summed E-state index contributed by atoms with van der Waals surface area (Å²) < 4.78 is 10.9. The molecule has 2 aromatic carbocycles. The fourth-order valence-electron chi connectivity index (χ4n) is 3.77. The highest BCUT2D eigenvalue weighted by atomic mass is 16.6. The molecule has 2 aliphatic heterocycles. The number of nitro groups is 1. The molecular formula is C22H25N5O6. The summed E-state index contributed by atoms with van der Waals surface area (Å²) in [5, 5.41) is 15.9. The lowest BCUT2D eigenvalue weighted by molar-refractivity contribution is -0.384. The number of urea groups is 1. The lowest BCUT2D eigenvalue weighted by atomic mass is 10.2. The molecule has 1 saturated heterocycles. The van der Waals surface area contributed by atoms with Crippen molar-refractivity contribution in [2.24, 2.45) is 0 Å². The number of imide groups is 1. The number of ether oxygens (including phenoxy) is 2. The average Bonchev–Trinajstić information content (AvgIpc) is 2.83. The maximum absolute atomic E-state index is 12.2. The quantitative estimate of drug-likeness (QED) is 0.502. The number of nitro benzene ring substituents is 1. The second-order valence-corrected chi connectivity index (χ2v) is 7.72. The molecular weight excluding hydrogens is 430 g/mol. The SMILES string of the molecule is O=C(CCN1CCN(c2cccc([N+](=O)[O-])c2)CC1)NC(=O)Nc1ccc2c(c1)OCCO2. The van der Waals surface area contributed by atoms with Gasteiger partial charge < -0.3 is 19.7 Å². The first-order chi connectivity index (χ1) is 16.0. The van der Waals surface area contributed by atoms with Crippen LogP contribution in [0.5, 0.6) is 11.5 Å². The summed E-state index contributed by atoms with van der Waals surface area (Å²) >= 11 is 0. The number of fused-ring (bicyclic) bond motifs is 1. The smallest absolute Gasteiger partial charge is 0.325 e. The lowest BCUT2D eigenvalue weighted by Gasteiger charge is -2.35. The summed E-state index contributed by atoms with van der Waals surface area (Å²) in [6, 6.07) is 11.0. The van der Waals surface area contributed by atoms with E-state index in [1.165, 1.54) is 6.07 Å². The summed E-state index contributed by atoms with van der Waals surface area (Å²) in [5.74, 6) is 0.801. The highest BCUT2D eigenvalue weighted by Gasteiger charge is 2.20. The minimum absolute atomic E-state index is 0.0705. The molecule has 0 aromatic heterocycles. The van der Waals surface area contributed by atoms with Crippen LogP contribution in [0, 0.1) is 10.1 Å². The minimum Gasteiger partial charge on any atom is -0.486 e. The number of hydrogen-bond donors (Lipinski definition) is 2. The maximum atomic E-state index is 12.2. The van der Waals surface area contributed by atoms with Crippen LogP contribution >= 0.6 is 0 Å². The highest BCUT2D eigenvalue weighted by molar-refractivity contribution is 6.01. The van der Waals surface area contributed by atoms with Crippen LogP contribution in [0.4, 0.5) is 21.9 Å². The zero-order valence-electron chi connectivity index (χ0n) is 18.0. The molecule has 4 rings (SSSR count). The molecule has 1 fully saturated rings. The highest BCUT2D eigenvalue weighted by Crippen LogP contribution is 2.32. The molecule has 0 bridgehead atoms. The molecule has 0 radical (unpaired) electrons. The second-order valence-electron chi connectivity index (χ2n) is 7.72. The molecule has 0 aliphatic carbocycles. The van der Waals surface area contributed by atoms with Crippen LogP contribution in [0.25, 0.3) is 0 Å². The number of rotatable bonds is 6. The number of non-ortho nitro benzene ring substituents is 1. The summed E-state index contributed by atoms with van der Waals surface area (Å²) in [5.41, 5.74) is 1.39. The van der Waals surface area contributed by atoms with Gasteiger partial charge in [0, 0.05) is 68.7 Å². The van der Waals surface area contributed by atoms with Crippen molar-refractivity contribution in [1.29, 1.82) is 0 Å². The van der Waals surface area contributed by atoms with Gasteiger partial charge in [0.25, 0.3) is 5.69 Å². The van der Waals surface area contributed by atoms with Crippen molar-refractivity contribution in [2.45, 2.75) is 6.42 Å². The number of carbonyl (C=O) groups excluding carboxylic acids is 2. The normalized spacial score (nSPS) is 15.6. The van der Waals surface area contributed by atoms with Crippen molar-refractivity contribution in [1.82, 2.24) is 10.2 Å². The number of nitrogens with one attached hydrogen (secondary N) is 2. The Bertz CT molecular complexity index is 1040. The summed E-state index contributed by atoms with van der Waals surface area (Å²) in [6.45, 7) is 4.30. The zero-order chi connectivity index (χ0) is 23.2. The largest absolute Gasteiger partial charge is 0.486 e. The van der Waals surface area contributed by atoms with E-state index in [0.29, 0.717) is 50.0 Å². The number of hydrogen-bond acceptors (Lipinski definition) is 8. The molecule has 2 heterocycles. The molecule has 0 spiro atoms. The first-order valence-electron chi connectivity index (χ1n) is 10.7. The molecule has 0 saturated carbocycles. The lowest BCUT2D eigenvalue weighted by Crippen LogP contribution is -2.47. The molecule has 2 aliphatic rings. The molecule has 2 N–H and O–H groups in total. The van der Waals surface area contributed by atoms with Gasteiger partial charge in [-0.2, -0.15) is 0 Å². The van der Waals surface area contributed by atoms with E-state index < -0.39 is 11.0 Å². The Hall–Kier alpha value is -3.86. The third-order valence-corrected chi connectivity index (χ3v) is 5.49. The van der Waals surface area contributed by atoms with Crippen molar-refractivity contribution < 1.29 is 24.0 Å². The first-order valence-corrected chi connectivity index (χ1v) is 10.7. The molecule has 0 unspecified atom stereocenters. The summed E-state index contributed by atoms with van der Waals surface area (Å²) in [7, 11) is 0. The monoisotopic (exact) mass is 455 g/mol. The summed E-state index contributed by atoms with van der Waals surface area (Å²) in [6.07, 6.45) is 0.186. The predicted molar refractivity (Wildman–Crippen MR) is 121 cm³/mol. The van der Waals surface area contributed by atoms with E-state index in [0.717, 1.165) is 18.8 Å². The maximum Gasteiger partial charge on any atom is 0.325 e. The van der Waals surface area contributed by atoms with Crippen molar-refractivity contribution in [3.05, 3.63) is 52.6 Å². The molecule has 174 valence electrons. The van der Waals surface area contributed by atoms with Gasteiger partial charge in [0.2, 0.25) is 5.91 Å². The van der Waals surface area contributed by atoms with Crippen molar-refractivity contribution in [2.75, 3.05) is 56.2 Å². The van der Waals surface area contributed by atoms with Gasteiger partial charge in [0.05, 0.1) is 4.92 Å². The van der Waals surface area contributed by atoms with E-state index in [4.69, 9.17) is 9.47 Å². The van der Waals surface area contributed by atoms with Gasteiger partial charge >= 0.3 is 6.03 Å². The molecule has 11 nitrogen and oxygen atoms in total. The van der Waals surface area contributed by atoms with Crippen LogP contribution in [-0.4, -0.2) is 67.7 Å². The number of piperazine rings is 1. The van der Waals surface area contributed by atoms with E-state index in [1.807, 2.05) is 6.07 Å². The number of nitrogens with zero attached hydrogens (tertiary/aromatic N) is 3. The van der Waals surface area contributed by atoms with Gasteiger partial charge in [0.1, 0.15) is 13.2 Å². The Balaban J connectivity index is 1.19. The third-order valence-electron chi connectivity index (χ3n) is 5.49. The molecule has 2 aromatic rings. The topological polar surface area (TPSA) is 126 Å². The van der Waals surface area contributed by atoms with Crippen LogP contribution in [0.1, 0.15) is 6.42 Å². The molecule has 3 amide bonds. The third kappa shape index (κ3) is 5.89. The van der Waals surface area contributed by atoms with Gasteiger partial charge in [-0.05, 0) is 18.2 Å². The average molecular weight is 455 g/mol. The second kappa shape index (κ2) is 10.2. The number of carbonyl (C=O) groups is 2. The first kappa shape index (κ1) is 22.3. The summed E-state index contributed by atoms with van der Waals surface area (Å²) in [4.78, 5) is 39.1. The van der Waals surface area contributed by atoms with E-state index >= 15 is 0 Å². The Labute approximate surface area is 190 Å². The van der Waals surface area contributed by atoms with Gasteiger partial charge in [-0.1, -0.05) is 6.07 Å².